The fourth-order valence-corrected chi connectivity index (χ4v) is 6.09. The Morgan fingerprint density at radius 3 is 1.17 bits per heavy atom. The van der Waals surface area contributed by atoms with Gasteiger partial charge in [0.1, 0.15) is 24.7 Å². The fraction of sp³-hybridized carbons (Fsp3) is 0.455. The molecule has 0 saturated carbocycles. The first kappa shape index (κ1) is 61.2. The van der Waals surface area contributed by atoms with Gasteiger partial charge in [0, 0.05) is 62.5 Å². The van der Waals surface area contributed by atoms with E-state index in [1.54, 1.807) is 14.2 Å². The summed E-state index contributed by atoms with van der Waals surface area (Å²) in [6.07, 6.45) is 1.87. The van der Waals surface area contributed by atoms with E-state index in [1.807, 2.05) is 101 Å². The van der Waals surface area contributed by atoms with Crippen molar-refractivity contribution in [2.24, 2.45) is 0 Å². The average molecular weight is 946 g/mol. The van der Waals surface area contributed by atoms with Crippen molar-refractivity contribution in [3.05, 3.63) is 129 Å². The first-order chi connectivity index (χ1) is 25.9. The van der Waals surface area contributed by atoms with Crippen LogP contribution in [-0.4, -0.2) is 109 Å². The lowest BCUT2D eigenvalue weighted by atomic mass is 10.1. The summed E-state index contributed by atoms with van der Waals surface area (Å²) in [6, 6.07) is 33.0. The van der Waals surface area contributed by atoms with Crippen LogP contribution >= 0.6 is 72.8 Å². The number of nitrogens with zero attached hydrogens (tertiary/aromatic N) is 2. The molecule has 0 aliphatic heterocycles. The molecule has 0 fully saturated rings. The highest BCUT2D eigenvalue weighted by atomic mass is 35.5. The standard InChI is InChI=1S/2C22H31ClN2O2.4ClH.H2O/c2*1-17(24-16-22(26-4)19-6-5-7-20(23)15-19)14-18-8-10-21(11-9-18)27-13-12-25(2)3;;;;;/h2*5-11,15,17,22,24H,12-14,16H2,1-4H3;4*1H;1H2. The Hall–Kier alpha value is -2.06. The summed E-state index contributed by atoms with van der Waals surface area (Å²) < 4.78 is 22.7. The highest BCUT2D eigenvalue weighted by Gasteiger charge is 2.14. The number of halogens is 6. The molecule has 0 bridgehead atoms. The maximum Gasteiger partial charge on any atom is 0.119 e. The van der Waals surface area contributed by atoms with Crippen molar-refractivity contribution in [1.82, 2.24) is 20.4 Å². The molecular weight excluding hydrogens is 877 g/mol. The molecule has 0 aromatic heterocycles. The van der Waals surface area contributed by atoms with E-state index in [9.17, 15) is 0 Å². The van der Waals surface area contributed by atoms with E-state index in [0.29, 0.717) is 25.3 Å². The van der Waals surface area contributed by atoms with E-state index in [0.717, 1.165) is 71.7 Å². The maximum absolute atomic E-state index is 6.09. The molecule has 0 saturated heterocycles. The maximum atomic E-state index is 6.09. The lowest BCUT2D eigenvalue weighted by molar-refractivity contribution is 0.0999. The fourth-order valence-electron chi connectivity index (χ4n) is 5.69. The van der Waals surface area contributed by atoms with Crippen LogP contribution < -0.4 is 20.1 Å². The third kappa shape index (κ3) is 25.5. The van der Waals surface area contributed by atoms with Gasteiger partial charge in [-0.25, -0.2) is 0 Å². The van der Waals surface area contributed by atoms with E-state index >= 15 is 0 Å². The molecule has 9 nitrogen and oxygen atoms in total. The normalized spacial score (nSPS) is 12.4. The Morgan fingerprint density at radius 2 is 0.881 bits per heavy atom. The molecule has 4 aromatic rings. The van der Waals surface area contributed by atoms with Gasteiger partial charge in [0.25, 0.3) is 0 Å². The summed E-state index contributed by atoms with van der Waals surface area (Å²) in [6.45, 7) is 9.08. The summed E-state index contributed by atoms with van der Waals surface area (Å²) in [4.78, 5) is 4.22. The average Bonchev–Trinajstić information content (AvgIpc) is 3.14. The van der Waals surface area contributed by atoms with E-state index in [2.05, 4.69) is 58.5 Å². The molecule has 4 N–H and O–H groups in total. The molecule has 0 heterocycles. The Kier molecular flexibility index (Phi) is 35.8. The molecule has 0 radical (unpaired) electrons. The van der Waals surface area contributed by atoms with Crippen molar-refractivity contribution in [2.45, 2.75) is 51.0 Å². The predicted octanol–water partition coefficient (Wildman–Crippen LogP) is 9.24. The van der Waals surface area contributed by atoms with Crippen molar-refractivity contribution < 1.29 is 24.4 Å². The smallest absolute Gasteiger partial charge is 0.119 e. The highest BCUT2D eigenvalue weighted by Crippen LogP contribution is 2.22. The molecule has 59 heavy (non-hydrogen) atoms. The van der Waals surface area contributed by atoms with Crippen LogP contribution in [0.15, 0.2) is 97.1 Å². The molecule has 4 aromatic carbocycles. The van der Waals surface area contributed by atoms with Gasteiger partial charge in [0.15, 0.2) is 0 Å². The van der Waals surface area contributed by atoms with Crippen molar-refractivity contribution in [3.8, 4) is 11.5 Å². The van der Waals surface area contributed by atoms with Crippen LogP contribution in [-0.2, 0) is 22.3 Å². The van der Waals surface area contributed by atoms with Gasteiger partial charge in [-0.1, -0.05) is 71.7 Å². The van der Waals surface area contributed by atoms with Gasteiger partial charge in [-0.15, -0.1) is 49.6 Å². The Bertz CT molecular complexity index is 1490. The number of methoxy groups -OCH3 is 2. The summed E-state index contributed by atoms with van der Waals surface area (Å²) in [5.74, 6) is 1.84. The van der Waals surface area contributed by atoms with Gasteiger partial charge in [-0.05, 0) is 126 Å². The highest BCUT2D eigenvalue weighted by molar-refractivity contribution is 6.30. The zero-order valence-corrected chi connectivity index (χ0v) is 40.4. The lowest BCUT2D eigenvalue weighted by Crippen LogP contribution is -2.32. The minimum absolute atomic E-state index is 0. The second-order valence-electron chi connectivity index (χ2n) is 14.2. The van der Waals surface area contributed by atoms with Crippen LogP contribution in [0, 0.1) is 0 Å². The number of benzene rings is 4. The lowest BCUT2D eigenvalue weighted by Gasteiger charge is -2.20. The number of hydrogen-bond acceptors (Lipinski definition) is 8. The molecule has 0 aliphatic rings. The number of ether oxygens (including phenoxy) is 4. The molecule has 0 amide bonds. The minimum Gasteiger partial charge on any atom is -0.492 e. The molecule has 0 aliphatic carbocycles. The van der Waals surface area contributed by atoms with Crippen LogP contribution in [0.3, 0.4) is 0 Å². The topological polar surface area (TPSA) is 99.0 Å². The molecule has 15 heteroatoms. The second-order valence-corrected chi connectivity index (χ2v) is 15.0. The minimum atomic E-state index is -0.0152. The Balaban J connectivity index is -0.000000980. The van der Waals surface area contributed by atoms with Crippen LogP contribution in [0.25, 0.3) is 0 Å². The summed E-state index contributed by atoms with van der Waals surface area (Å²) in [7, 11) is 11.6. The zero-order valence-electron chi connectivity index (χ0n) is 35.6. The van der Waals surface area contributed by atoms with Crippen molar-refractivity contribution in [2.75, 3.05) is 81.8 Å². The number of rotatable bonds is 22. The van der Waals surface area contributed by atoms with E-state index in [1.165, 1.54) is 11.1 Å². The Labute approximate surface area is 389 Å². The van der Waals surface area contributed by atoms with Crippen LogP contribution in [0.4, 0.5) is 0 Å². The number of hydrogen-bond donors (Lipinski definition) is 2. The molecular formula is C44H68Cl6N4O5. The summed E-state index contributed by atoms with van der Waals surface area (Å²) in [5, 5.41) is 8.58. The summed E-state index contributed by atoms with van der Waals surface area (Å²) in [5.41, 5.74) is 4.74. The van der Waals surface area contributed by atoms with E-state index in [4.69, 9.17) is 42.1 Å². The number of likely N-dealkylation sites (N-methyl/N-ethyl adjacent to an activating group) is 2. The van der Waals surface area contributed by atoms with Crippen LogP contribution in [0.1, 0.15) is 48.3 Å². The van der Waals surface area contributed by atoms with Gasteiger partial charge in [0.2, 0.25) is 0 Å². The molecule has 4 unspecified atom stereocenters. The van der Waals surface area contributed by atoms with E-state index < -0.39 is 0 Å². The van der Waals surface area contributed by atoms with Crippen molar-refractivity contribution in [3.63, 3.8) is 0 Å². The van der Waals surface area contributed by atoms with E-state index in [-0.39, 0.29) is 67.3 Å². The monoisotopic (exact) mass is 942 g/mol. The zero-order chi connectivity index (χ0) is 39.3. The molecule has 4 atom stereocenters. The SMILES string of the molecule is COC(CNC(C)Cc1ccc(OCCN(C)C)cc1)c1cccc(Cl)c1.COC(CNC(C)Cc1ccc(OCCN(C)C)cc1)c1cccc(Cl)c1.Cl.Cl.Cl.Cl.O. The molecule has 336 valence electrons. The van der Waals surface area contributed by atoms with Gasteiger partial charge in [-0.2, -0.15) is 0 Å². The van der Waals surface area contributed by atoms with Gasteiger partial charge in [-0.3, -0.25) is 0 Å². The Morgan fingerprint density at radius 1 is 0.542 bits per heavy atom. The first-order valence-electron chi connectivity index (χ1n) is 18.7. The predicted molar refractivity (Wildman–Crippen MR) is 258 cm³/mol. The molecule has 0 spiro atoms. The number of nitrogens with one attached hydrogen (secondary N) is 2. The van der Waals surface area contributed by atoms with Gasteiger partial charge in [0.05, 0.1) is 12.2 Å². The van der Waals surface area contributed by atoms with Gasteiger partial charge >= 0.3 is 0 Å². The third-order valence-corrected chi connectivity index (χ3v) is 9.33. The largest absolute Gasteiger partial charge is 0.492 e. The quantitative estimate of drug-likeness (QED) is 0.0806. The van der Waals surface area contributed by atoms with Crippen LogP contribution in [0.5, 0.6) is 11.5 Å². The first-order valence-corrected chi connectivity index (χ1v) is 19.5. The third-order valence-electron chi connectivity index (χ3n) is 8.86. The van der Waals surface area contributed by atoms with Crippen LogP contribution in [0.2, 0.25) is 10.0 Å². The van der Waals surface area contributed by atoms with Gasteiger partial charge < -0.3 is 44.9 Å². The van der Waals surface area contributed by atoms with Crippen molar-refractivity contribution in [1.29, 1.82) is 0 Å². The van der Waals surface area contributed by atoms with Crippen molar-refractivity contribution >= 4 is 72.8 Å². The molecule has 4 rings (SSSR count). The summed E-state index contributed by atoms with van der Waals surface area (Å²) >= 11 is 12.2. The second kappa shape index (κ2) is 34.5.